The molecule has 1 N–H and O–H groups in total. The summed E-state index contributed by atoms with van der Waals surface area (Å²) in [4.78, 5) is 31.2. The minimum Gasteiger partial charge on any atom is -0.507 e. The summed E-state index contributed by atoms with van der Waals surface area (Å²) in [5, 5.41) is 19.2. The Kier molecular flexibility index (Phi) is 6.57. The van der Waals surface area contributed by atoms with Crippen molar-refractivity contribution in [3.63, 3.8) is 0 Å². The van der Waals surface area contributed by atoms with E-state index in [2.05, 4.69) is 15.2 Å². The molecule has 0 radical (unpaired) electrons. The van der Waals surface area contributed by atoms with Crippen LogP contribution in [0.3, 0.4) is 0 Å². The van der Waals surface area contributed by atoms with Crippen molar-refractivity contribution in [2.45, 2.75) is 16.1 Å². The second-order valence-corrected chi connectivity index (χ2v) is 9.84. The number of carbonyl (C=O) groups excluding carboxylic acids is 2. The maximum absolute atomic E-state index is 14.9. The summed E-state index contributed by atoms with van der Waals surface area (Å²) in [5.74, 6) is -3.14. The summed E-state index contributed by atoms with van der Waals surface area (Å²) in [5.41, 5.74) is 0.473. The lowest BCUT2D eigenvalue weighted by molar-refractivity contribution is -0.132. The molecule has 1 unspecified atom stereocenters. The average Bonchev–Trinajstić information content (AvgIpc) is 3.46. The first kappa shape index (κ1) is 23.8. The third kappa shape index (κ3) is 4.38. The highest BCUT2D eigenvalue weighted by Crippen LogP contribution is 2.44. The van der Waals surface area contributed by atoms with Crippen LogP contribution in [0.15, 0.2) is 83.0 Å². The number of rotatable bonds is 6. The number of halogens is 2. The van der Waals surface area contributed by atoms with Crippen LogP contribution >= 0.6 is 23.1 Å². The molecule has 7 nitrogen and oxygen atoms in total. The molecule has 1 aliphatic rings. The largest absolute Gasteiger partial charge is 0.507 e. The number of benzene rings is 2. The van der Waals surface area contributed by atoms with Crippen molar-refractivity contribution in [2.24, 2.45) is 0 Å². The maximum Gasteiger partial charge on any atom is 0.301 e. The standard InChI is InChI=1S/C25H16F2N4O3S2/c26-17-7-3-1-5-15(17)13-35-25-30-29-24(36-25)31-20(16-6-2-4-8-18(16)27)19(22(33)23(31)34)21(32)14-9-11-28-12-10-14/h1-12,20,32H,13H2. The van der Waals surface area contributed by atoms with E-state index in [1.165, 1.54) is 60.6 Å². The Balaban J connectivity index is 1.55. The molecular weight excluding hydrogens is 506 g/mol. The van der Waals surface area contributed by atoms with Crippen LogP contribution in [0.1, 0.15) is 22.7 Å². The summed E-state index contributed by atoms with van der Waals surface area (Å²) < 4.78 is 29.3. The highest BCUT2D eigenvalue weighted by molar-refractivity contribution is 8.00. The minimum atomic E-state index is -1.27. The number of carbonyl (C=O) groups is 2. The number of amides is 1. The number of hydrogen-bond donors (Lipinski definition) is 1. The molecule has 36 heavy (non-hydrogen) atoms. The molecule has 11 heteroatoms. The average molecular weight is 523 g/mol. The van der Waals surface area contributed by atoms with Gasteiger partial charge < -0.3 is 5.11 Å². The third-order valence-electron chi connectivity index (χ3n) is 5.51. The van der Waals surface area contributed by atoms with Gasteiger partial charge in [0.2, 0.25) is 5.13 Å². The zero-order chi connectivity index (χ0) is 25.2. The topological polar surface area (TPSA) is 96.3 Å². The quantitative estimate of drug-likeness (QED) is 0.123. The number of nitrogens with zero attached hydrogens (tertiary/aromatic N) is 4. The van der Waals surface area contributed by atoms with Gasteiger partial charge in [-0.05, 0) is 29.8 Å². The lowest BCUT2D eigenvalue weighted by atomic mass is 9.95. The smallest absolute Gasteiger partial charge is 0.301 e. The molecule has 1 amide bonds. The number of aromatic nitrogens is 3. The van der Waals surface area contributed by atoms with Crippen molar-refractivity contribution in [1.29, 1.82) is 0 Å². The van der Waals surface area contributed by atoms with Crippen molar-refractivity contribution in [2.75, 3.05) is 4.90 Å². The summed E-state index contributed by atoms with van der Waals surface area (Å²) in [6.45, 7) is 0. The first-order chi connectivity index (χ1) is 17.5. The van der Waals surface area contributed by atoms with Gasteiger partial charge in [0.15, 0.2) is 4.34 Å². The fourth-order valence-electron chi connectivity index (χ4n) is 3.80. The van der Waals surface area contributed by atoms with Crippen molar-refractivity contribution in [3.8, 4) is 0 Å². The van der Waals surface area contributed by atoms with E-state index in [4.69, 9.17) is 0 Å². The third-order valence-corrected chi connectivity index (χ3v) is 7.61. The number of ketones is 1. The van der Waals surface area contributed by atoms with Crippen LogP contribution in [0.2, 0.25) is 0 Å². The first-order valence-corrected chi connectivity index (χ1v) is 12.4. The van der Waals surface area contributed by atoms with E-state index >= 15 is 0 Å². The Labute approximate surface area is 212 Å². The van der Waals surface area contributed by atoms with E-state index in [-0.39, 0.29) is 33.4 Å². The zero-order valence-electron chi connectivity index (χ0n) is 18.3. The van der Waals surface area contributed by atoms with E-state index in [9.17, 15) is 23.5 Å². The molecule has 1 fully saturated rings. The van der Waals surface area contributed by atoms with Crippen LogP contribution < -0.4 is 4.90 Å². The molecule has 0 bridgehead atoms. The Bertz CT molecular complexity index is 1490. The molecule has 0 spiro atoms. The van der Waals surface area contributed by atoms with Crippen molar-refractivity contribution in [3.05, 3.63) is 107 Å². The predicted molar refractivity (Wildman–Crippen MR) is 131 cm³/mol. The molecule has 4 aromatic rings. The van der Waals surface area contributed by atoms with E-state index in [1.54, 1.807) is 24.3 Å². The predicted octanol–water partition coefficient (Wildman–Crippen LogP) is 5.13. The Hall–Kier alpha value is -3.96. The molecule has 180 valence electrons. The summed E-state index contributed by atoms with van der Waals surface area (Å²) in [6, 6.07) is 13.7. The highest BCUT2D eigenvalue weighted by Gasteiger charge is 2.49. The molecule has 5 rings (SSSR count). The van der Waals surface area contributed by atoms with Crippen LogP contribution in [0.5, 0.6) is 0 Å². The summed E-state index contributed by atoms with van der Waals surface area (Å²) in [7, 11) is 0. The van der Waals surface area contributed by atoms with Gasteiger partial charge in [0.25, 0.3) is 5.78 Å². The Morgan fingerprint density at radius 1 is 0.972 bits per heavy atom. The van der Waals surface area contributed by atoms with E-state index in [0.717, 1.165) is 16.2 Å². The number of aliphatic hydroxyl groups excluding tert-OH is 1. The van der Waals surface area contributed by atoms with E-state index < -0.39 is 29.3 Å². The van der Waals surface area contributed by atoms with Gasteiger partial charge in [0, 0.05) is 29.3 Å². The van der Waals surface area contributed by atoms with Gasteiger partial charge >= 0.3 is 5.91 Å². The lowest BCUT2D eigenvalue weighted by Crippen LogP contribution is -2.29. The second kappa shape index (κ2) is 9.96. The number of anilines is 1. The number of hydrogen-bond acceptors (Lipinski definition) is 8. The van der Waals surface area contributed by atoms with E-state index in [0.29, 0.717) is 9.90 Å². The molecular formula is C25H16F2N4O3S2. The van der Waals surface area contributed by atoms with Gasteiger partial charge in [-0.1, -0.05) is 59.5 Å². The minimum absolute atomic E-state index is 0.0167. The van der Waals surface area contributed by atoms with Crippen molar-refractivity contribution >= 4 is 45.7 Å². The van der Waals surface area contributed by atoms with E-state index in [1.807, 2.05) is 0 Å². The summed E-state index contributed by atoms with van der Waals surface area (Å²) >= 11 is 2.22. The highest BCUT2D eigenvalue weighted by atomic mass is 32.2. The summed E-state index contributed by atoms with van der Waals surface area (Å²) in [6.07, 6.45) is 2.85. The van der Waals surface area contributed by atoms with Gasteiger partial charge in [-0.15, -0.1) is 10.2 Å². The lowest BCUT2D eigenvalue weighted by Gasteiger charge is -2.22. The molecule has 2 aromatic carbocycles. The van der Waals surface area contributed by atoms with Gasteiger partial charge in [0.1, 0.15) is 23.4 Å². The van der Waals surface area contributed by atoms with Crippen molar-refractivity contribution < 1.29 is 23.5 Å². The number of Topliss-reactive ketones (excluding diaryl/α,β-unsaturated/α-hetero) is 1. The van der Waals surface area contributed by atoms with Gasteiger partial charge in [-0.25, -0.2) is 8.78 Å². The van der Waals surface area contributed by atoms with Gasteiger partial charge in [-0.2, -0.15) is 0 Å². The van der Waals surface area contributed by atoms with Crippen LogP contribution in [-0.4, -0.2) is 32.0 Å². The monoisotopic (exact) mass is 522 g/mol. The Morgan fingerprint density at radius 3 is 2.39 bits per heavy atom. The molecule has 1 atom stereocenters. The van der Waals surface area contributed by atoms with Crippen molar-refractivity contribution in [1.82, 2.24) is 15.2 Å². The van der Waals surface area contributed by atoms with Crippen LogP contribution in [0.4, 0.5) is 13.9 Å². The molecule has 2 aromatic heterocycles. The fourth-order valence-corrected chi connectivity index (χ4v) is 5.65. The molecule has 1 saturated heterocycles. The molecule has 1 aliphatic heterocycles. The Morgan fingerprint density at radius 2 is 1.67 bits per heavy atom. The first-order valence-electron chi connectivity index (χ1n) is 10.6. The van der Waals surface area contributed by atoms with Gasteiger partial charge in [0.05, 0.1) is 5.57 Å². The number of thioether (sulfide) groups is 1. The van der Waals surface area contributed by atoms with Crippen LogP contribution in [0, 0.1) is 11.6 Å². The second-order valence-electron chi connectivity index (χ2n) is 7.66. The molecule has 0 aliphatic carbocycles. The SMILES string of the molecule is O=C1C(=O)N(c2nnc(SCc3ccccc3F)s2)C(c2ccccc2F)C1=C(O)c1ccncc1. The zero-order valence-corrected chi connectivity index (χ0v) is 20.0. The van der Waals surface area contributed by atoms with Gasteiger partial charge in [-0.3, -0.25) is 19.5 Å². The van der Waals surface area contributed by atoms with Crippen LogP contribution in [0.25, 0.3) is 5.76 Å². The number of aliphatic hydroxyl groups is 1. The maximum atomic E-state index is 14.9. The number of pyridine rings is 1. The fraction of sp³-hybridized carbons (Fsp3) is 0.0800. The normalized spacial score (nSPS) is 17.1. The van der Waals surface area contributed by atoms with Crippen LogP contribution in [-0.2, 0) is 15.3 Å². The molecule has 0 saturated carbocycles. The molecule has 3 heterocycles.